The normalized spacial score (nSPS) is 8.62. The van der Waals surface area contributed by atoms with Crippen LogP contribution >= 0.6 is 12.4 Å². The Morgan fingerprint density at radius 2 is 2.12 bits per heavy atom. The van der Waals surface area contributed by atoms with Crippen molar-refractivity contribution in [2.45, 2.75) is 19.8 Å². The molecule has 0 spiro atoms. The first-order valence-electron chi connectivity index (χ1n) is 2.69. The van der Waals surface area contributed by atoms with Crippen molar-refractivity contribution in [3.8, 4) is 0 Å². The highest BCUT2D eigenvalue weighted by Gasteiger charge is 1.66. The number of allylic oxidation sites excluding steroid dienone is 3. The Morgan fingerprint density at radius 1 is 1.50 bits per heavy atom. The Labute approximate surface area is 57.7 Å². The molecule has 0 rings (SSSR count). The van der Waals surface area contributed by atoms with Crippen LogP contribution in [0.4, 0.5) is 0 Å². The Bertz CT molecular complexity index is 64.8. The van der Waals surface area contributed by atoms with Crippen molar-refractivity contribution in [1.29, 1.82) is 0 Å². The minimum Gasteiger partial charge on any atom is -0.147 e. The third-order valence-corrected chi connectivity index (χ3v) is 0.728. The molecule has 0 heterocycles. The van der Waals surface area contributed by atoms with Gasteiger partial charge in [-0.05, 0) is 6.42 Å². The van der Waals surface area contributed by atoms with Crippen LogP contribution in [0, 0.1) is 0 Å². The molecule has 0 amide bonds. The number of hydrogen-bond acceptors (Lipinski definition) is 0. The predicted molar refractivity (Wildman–Crippen MR) is 41.5 cm³/mol. The van der Waals surface area contributed by atoms with E-state index in [0.717, 1.165) is 0 Å². The smallest absolute Gasteiger partial charge is 0.0350 e. The van der Waals surface area contributed by atoms with Crippen LogP contribution in [0.3, 0.4) is 0 Å². The third kappa shape index (κ3) is 9.24. The standard InChI is InChI=1S/C7H12.ClH/c1-3-5-7-6-4-2;/h3,5,7H,1,4,6H2,2H3;1H/b7-5+;. The van der Waals surface area contributed by atoms with Crippen molar-refractivity contribution < 1.29 is 0 Å². The van der Waals surface area contributed by atoms with Gasteiger partial charge in [0.2, 0.25) is 0 Å². The number of unbranched alkanes of at least 4 members (excludes halogenated alkanes) is 1. The monoisotopic (exact) mass is 132 g/mol. The van der Waals surface area contributed by atoms with E-state index in [0.29, 0.717) is 0 Å². The van der Waals surface area contributed by atoms with Gasteiger partial charge in [-0.15, -0.1) is 12.4 Å². The Balaban J connectivity index is 0. The van der Waals surface area contributed by atoms with Crippen LogP contribution in [0.15, 0.2) is 24.8 Å². The molecular weight excluding hydrogens is 120 g/mol. The topological polar surface area (TPSA) is 0 Å². The van der Waals surface area contributed by atoms with Gasteiger partial charge < -0.3 is 0 Å². The molecule has 0 aliphatic heterocycles. The average Bonchev–Trinajstić information content (AvgIpc) is 1.69. The second kappa shape index (κ2) is 9.91. The molecule has 48 valence electrons. The zero-order valence-electron chi connectivity index (χ0n) is 5.26. The fourth-order valence-corrected chi connectivity index (χ4v) is 0.359. The van der Waals surface area contributed by atoms with Gasteiger partial charge in [-0.25, -0.2) is 0 Å². The van der Waals surface area contributed by atoms with Gasteiger partial charge in [0.15, 0.2) is 0 Å². The number of halogens is 1. The van der Waals surface area contributed by atoms with Crippen LogP contribution in [0.25, 0.3) is 0 Å². The average molecular weight is 133 g/mol. The second-order valence-electron chi connectivity index (χ2n) is 1.45. The summed E-state index contributed by atoms with van der Waals surface area (Å²) < 4.78 is 0. The molecule has 0 saturated carbocycles. The van der Waals surface area contributed by atoms with Crippen molar-refractivity contribution in [2.24, 2.45) is 0 Å². The first kappa shape index (κ1) is 10.7. The molecule has 0 radical (unpaired) electrons. The predicted octanol–water partition coefficient (Wildman–Crippen LogP) is 2.95. The molecule has 0 fully saturated rings. The van der Waals surface area contributed by atoms with E-state index in [1.54, 1.807) is 6.08 Å². The van der Waals surface area contributed by atoms with E-state index in [4.69, 9.17) is 0 Å². The first-order chi connectivity index (χ1) is 3.41. The Morgan fingerprint density at radius 3 is 2.50 bits per heavy atom. The summed E-state index contributed by atoms with van der Waals surface area (Å²) in [6.45, 7) is 5.71. The van der Waals surface area contributed by atoms with E-state index in [-0.39, 0.29) is 12.4 Å². The molecule has 0 aromatic rings. The highest BCUT2D eigenvalue weighted by atomic mass is 35.5. The second-order valence-corrected chi connectivity index (χ2v) is 1.45. The van der Waals surface area contributed by atoms with Crippen LogP contribution in [0.1, 0.15) is 19.8 Å². The van der Waals surface area contributed by atoms with Gasteiger partial charge in [0.25, 0.3) is 0 Å². The van der Waals surface area contributed by atoms with Gasteiger partial charge >= 0.3 is 0 Å². The Hall–Kier alpha value is -0.230. The van der Waals surface area contributed by atoms with E-state index in [1.165, 1.54) is 12.8 Å². The van der Waals surface area contributed by atoms with Crippen LogP contribution < -0.4 is 0 Å². The molecule has 0 nitrogen and oxygen atoms in total. The molecule has 0 aliphatic rings. The van der Waals surface area contributed by atoms with Crippen molar-refractivity contribution in [3.63, 3.8) is 0 Å². The van der Waals surface area contributed by atoms with Gasteiger partial charge in [-0.2, -0.15) is 0 Å². The van der Waals surface area contributed by atoms with Crippen molar-refractivity contribution >= 4 is 12.4 Å². The maximum Gasteiger partial charge on any atom is -0.0350 e. The van der Waals surface area contributed by atoms with Gasteiger partial charge in [-0.1, -0.05) is 38.2 Å². The van der Waals surface area contributed by atoms with Crippen molar-refractivity contribution in [2.75, 3.05) is 0 Å². The molecule has 0 saturated heterocycles. The molecule has 0 N–H and O–H groups in total. The maximum absolute atomic E-state index is 3.55. The minimum absolute atomic E-state index is 0. The summed E-state index contributed by atoms with van der Waals surface area (Å²) >= 11 is 0. The van der Waals surface area contributed by atoms with Crippen molar-refractivity contribution in [3.05, 3.63) is 24.8 Å². The van der Waals surface area contributed by atoms with Gasteiger partial charge in [0.05, 0.1) is 0 Å². The molecule has 0 atom stereocenters. The van der Waals surface area contributed by atoms with Crippen LogP contribution in [0.2, 0.25) is 0 Å². The summed E-state index contributed by atoms with van der Waals surface area (Å²) in [5.74, 6) is 0. The number of rotatable bonds is 3. The molecule has 1 heteroatoms. The van der Waals surface area contributed by atoms with E-state index >= 15 is 0 Å². The summed E-state index contributed by atoms with van der Waals surface area (Å²) in [5, 5.41) is 0. The lowest BCUT2D eigenvalue weighted by Gasteiger charge is -1.77. The van der Waals surface area contributed by atoms with Crippen LogP contribution in [-0.4, -0.2) is 0 Å². The fourth-order valence-electron chi connectivity index (χ4n) is 0.359. The van der Waals surface area contributed by atoms with Gasteiger partial charge in [-0.3, -0.25) is 0 Å². The van der Waals surface area contributed by atoms with Crippen LogP contribution in [0.5, 0.6) is 0 Å². The lowest BCUT2D eigenvalue weighted by atomic mass is 10.3. The summed E-state index contributed by atoms with van der Waals surface area (Å²) in [6, 6.07) is 0. The Kier molecular flexibility index (Phi) is 13.2. The van der Waals surface area contributed by atoms with E-state index in [9.17, 15) is 0 Å². The lowest BCUT2D eigenvalue weighted by Crippen LogP contribution is -1.56. The van der Waals surface area contributed by atoms with Gasteiger partial charge in [0.1, 0.15) is 0 Å². The van der Waals surface area contributed by atoms with E-state index < -0.39 is 0 Å². The molecule has 0 aliphatic carbocycles. The molecule has 0 aromatic heterocycles. The zero-order valence-corrected chi connectivity index (χ0v) is 6.08. The number of hydrogen-bond donors (Lipinski definition) is 0. The summed E-state index contributed by atoms with van der Waals surface area (Å²) in [7, 11) is 0. The highest BCUT2D eigenvalue weighted by Crippen LogP contribution is 1.86. The summed E-state index contributed by atoms with van der Waals surface area (Å²) in [5.41, 5.74) is 0. The highest BCUT2D eigenvalue weighted by molar-refractivity contribution is 5.85. The quantitative estimate of drug-likeness (QED) is 0.518. The molecular formula is C7H13Cl. The maximum atomic E-state index is 3.55. The third-order valence-electron chi connectivity index (χ3n) is 0.728. The van der Waals surface area contributed by atoms with E-state index in [1.807, 2.05) is 6.08 Å². The van der Waals surface area contributed by atoms with Crippen LogP contribution in [-0.2, 0) is 0 Å². The molecule has 0 bridgehead atoms. The van der Waals surface area contributed by atoms with Crippen molar-refractivity contribution in [1.82, 2.24) is 0 Å². The molecule has 8 heavy (non-hydrogen) atoms. The van der Waals surface area contributed by atoms with Gasteiger partial charge in [0, 0.05) is 0 Å². The molecule has 0 unspecified atom stereocenters. The minimum atomic E-state index is 0. The first-order valence-corrected chi connectivity index (χ1v) is 2.69. The lowest BCUT2D eigenvalue weighted by molar-refractivity contribution is 0.959. The summed E-state index contributed by atoms with van der Waals surface area (Å²) in [4.78, 5) is 0. The summed E-state index contributed by atoms with van der Waals surface area (Å²) in [6.07, 6.45) is 8.29. The largest absolute Gasteiger partial charge is 0.147 e. The van der Waals surface area contributed by atoms with E-state index in [2.05, 4.69) is 19.6 Å². The zero-order chi connectivity index (χ0) is 5.54. The SMILES string of the molecule is C=C/C=C/CCC.Cl. The molecule has 0 aromatic carbocycles. The fraction of sp³-hybridized carbons (Fsp3) is 0.429.